The number of hydrogen-bond donors (Lipinski definition) is 3. The summed E-state index contributed by atoms with van der Waals surface area (Å²) >= 11 is 0. The van der Waals surface area contributed by atoms with Crippen molar-refractivity contribution in [2.45, 2.75) is 71.1 Å². The van der Waals surface area contributed by atoms with Gasteiger partial charge in [-0.15, -0.1) is 0 Å². The summed E-state index contributed by atoms with van der Waals surface area (Å²) in [6, 6.07) is 20.0. The van der Waals surface area contributed by atoms with E-state index in [1.54, 1.807) is 26.8 Å². The average molecular weight is 520 g/mol. The summed E-state index contributed by atoms with van der Waals surface area (Å²) in [6.45, 7) is 5.52. The van der Waals surface area contributed by atoms with Gasteiger partial charge in [-0.2, -0.15) is 0 Å². The summed E-state index contributed by atoms with van der Waals surface area (Å²) in [6.07, 6.45) is 1.92. The Morgan fingerprint density at radius 3 is 2.34 bits per heavy atom. The lowest BCUT2D eigenvalue weighted by Crippen LogP contribution is -2.45. The van der Waals surface area contributed by atoms with Crippen molar-refractivity contribution in [3.63, 3.8) is 0 Å². The van der Waals surface area contributed by atoms with Crippen LogP contribution in [-0.4, -0.2) is 29.6 Å². The molecule has 0 aliphatic carbocycles. The zero-order valence-corrected chi connectivity index (χ0v) is 22.3. The van der Waals surface area contributed by atoms with Gasteiger partial charge in [0.2, 0.25) is 5.91 Å². The third-order valence-electron chi connectivity index (χ3n) is 5.85. The summed E-state index contributed by atoms with van der Waals surface area (Å²) in [5.74, 6) is -0.651. The van der Waals surface area contributed by atoms with Crippen LogP contribution >= 0.6 is 0 Å². The SMILES string of the molecule is CC(C)(C)OC(=O)N[C@@H](CCCCCC(=O)OCc1ccccc1)C(=O)Nc1ccc2ccccc2c1N. The van der Waals surface area contributed by atoms with Gasteiger partial charge in [-0.3, -0.25) is 9.59 Å². The van der Waals surface area contributed by atoms with Gasteiger partial charge in [-0.1, -0.05) is 73.5 Å². The highest BCUT2D eigenvalue weighted by Gasteiger charge is 2.25. The molecular formula is C30H37N3O5. The van der Waals surface area contributed by atoms with Gasteiger partial charge in [0.25, 0.3) is 0 Å². The summed E-state index contributed by atoms with van der Waals surface area (Å²) in [5, 5.41) is 7.34. The van der Waals surface area contributed by atoms with E-state index in [1.165, 1.54) is 0 Å². The molecule has 0 unspecified atom stereocenters. The second-order valence-corrected chi connectivity index (χ2v) is 10.2. The Kier molecular flexibility index (Phi) is 10.1. The maximum Gasteiger partial charge on any atom is 0.408 e. The number of rotatable bonds is 11. The largest absolute Gasteiger partial charge is 0.461 e. The van der Waals surface area contributed by atoms with Crippen molar-refractivity contribution in [2.75, 3.05) is 11.1 Å². The Morgan fingerprint density at radius 2 is 1.61 bits per heavy atom. The Bertz CT molecular complexity index is 1240. The van der Waals surface area contributed by atoms with Gasteiger partial charge >= 0.3 is 12.1 Å². The van der Waals surface area contributed by atoms with Crippen LogP contribution in [0.15, 0.2) is 66.7 Å². The van der Waals surface area contributed by atoms with Crippen LogP contribution in [0.3, 0.4) is 0 Å². The Morgan fingerprint density at radius 1 is 0.895 bits per heavy atom. The fraction of sp³-hybridized carbons (Fsp3) is 0.367. The minimum absolute atomic E-state index is 0.250. The second kappa shape index (κ2) is 13.5. The number of alkyl carbamates (subject to hydrolysis) is 1. The molecule has 0 saturated carbocycles. The molecule has 202 valence electrons. The van der Waals surface area contributed by atoms with E-state index in [0.717, 1.165) is 16.3 Å². The molecule has 8 nitrogen and oxygen atoms in total. The fourth-order valence-electron chi connectivity index (χ4n) is 3.95. The zero-order chi connectivity index (χ0) is 27.5. The highest BCUT2D eigenvalue weighted by molar-refractivity contribution is 6.05. The average Bonchev–Trinajstić information content (AvgIpc) is 2.88. The van der Waals surface area contributed by atoms with E-state index < -0.39 is 17.7 Å². The molecule has 0 fully saturated rings. The van der Waals surface area contributed by atoms with Gasteiger partial charge in [0.05, 0.1) is 11.4 Å². The number of ether oxygens (including phenoxy) is 2. The maximum atomic E-state index is 13.2. The van der Waals surface area contributed by atoms with Crippen LogP contribution in [-0.2, 0) is 25.7 Å². The Hall–Kier alpha value is -4.07. The smallest absolute Gasteiger partial charge is 0.408 e. The van der Waals surface area contributed by atoms with Crippen molar-refractivity contribution in [3.05, 3.63) is 72.3 Å². The molecule has 3 aromatic carbocycles. The van der Waals surface area contributed by atoms with Gasteiger partial charge < -0.3 is 25.8 Å². The van der Waals surface area contributed by atoms with E-state index in [0.29, 0.717) is 37.1 Å². The van der Waals surface area contributed by atoms with Gasteiger partial charge in [0.15, 0.2) is 0 Å². The van der Waals surface area contributed by atoms with Crippen LogP contribution in [0.1, 0.15) is 58.4 Å². The predicted octanol–water partition coefficient (Wildman–Crippen LogP) is 5.95. The third kappa shape index (κ3) is 9.10. The normalized spacial score (nSPS) is 12.0. The minimum Gasteiger partial charge on any atom is -0.461 e. The van der Waals surface area contributed by atoms with Crippen LogP contribution < -0.4 is 16.4 Å². The zero-order valence-electron chi connectivity index (χ0n) is 22.3. The molecule has 38 heavy (non-hydrogen) atoms. The van der Waals surface area contributed by atoms with Crippen molar-refractivity contribution in [3.8, 4) is 0 Å². The number of nitrogens with one attached hydrogen (secondary N) is 2. The number of carbonyl (C=O) groups excluding carboxylic acids is 3. The molecule has 2 amide bonds. The lowest BCUT2D eigenvalue weighted by atomic mass is 10.0. The summed E-state index contributed by atoms with van der Waals surface area (Å²) in [7, 11) is 0. The highest BCUT2D eigenvalue weighted by Crippen LogP contribution is 2.28. The van der Waals surface area contributed by atoms with Gasteiger partial charge in [-0.25, -0.2) is 4.79 Å². The number of carbonyl (C=O) groups is 3. The van der Waals surface area contributed by atoms with E-state index in [-0.39, 0.29) is 24.9 Å². The van der Waals surface area contributed by atoms with Gasteiger partial charge in [0, 0.05) is 11.8 Å². The summed E-state index contributed by atoms with van der Waals surface area (Å²) in [5.41, 5.74) is 7.49. The lowest BCUT2D eigenvalue weighted by Gasteiger charge is -2.23. The fourth-order valence-corrected chi connectivity index (χ4v) is 3.95. The molecule has 0 radical (unpaired) electrons. The number of nitrogen functional groups attached to an aromatic ring is 1. The monoisotopic (exact) mass is 519 g/mol. The Balaban J connectivity index is 1.54. The number of benzene rings is 3. The Labute approximate surface area is 223 Å². The maximum absolute atomic E-state index is 13.2. The van der Waals surface area contributed by atoms with Gasteiger partial charge in [-0.05, 0) is 50.6 Å². The number of anilines is 2. The van der Waals surface area contributed by atoms with Crippen molar-refractivity contribution < 1.29 is 23.9 Å². The van der Waals surface area contributed by atoms with E-state index in [2.05, 4.69) is 10.6 Å². The van der Waals surface area contributed by atoms with E-state index >= 15 is 0 Å². The first-order chi connectivity index (χ1) is 18.1. The first-order valence-electron chi connectivity index (χ1n) is 12.9. The molecule has 0 aromatic heterocycles. The molecule has 3 aromatic rings. The number of hydrogen-bond acceptors (Lipinski definition) is 6. The van der Waals surface area contributed by atoms with Crippen LogP contribution in [0, 0.1) is 0 Å². The van der Waals surface area contributed by atoms with E-state index in [1.807, 2.05) is 60.7 Å². The first-order valence-corrected chi connectivity index (χ1v) is 12.9. The molecule has 4 N–H and O–H groups in total. The molecule has 0 heterocycles. The number of unbranched alkanes of at least 4 members (excludes halogenated alkanes) is 2. The van der Waals surface area contributed by atoms with Crippen molar-refractivity contribution >= 4 is 40.1 Å². The highest BCUT2D eigenvalue weighted by atomic mass is 16.6. The van der Waals surface area contributed by atoms with E-state index in [9.17, 15) is 14.4 Å². The predicted molar refractivity (Wildman–Crippen MR) is 149 cm³/mol. The lowest BCUT2D eigenvalue weighted by molar-refractivity contribution is -0.145. The second-order valence-electron chi connectivity index (χ2n) is 10.2. The van der Waals surface area contributed by atoms with Crippen molar-refractivity contribution in [2.24, 2.45) is 0 Å². The van der Waals surface area contributed by atoms with Crippen molar-refractivity contribution in [1.82, 2.24) is 5.32 Å². The number of amides is 2. The molecule has 0 bridgehead atoms. The van der Waals surface area contributed by atoms with Crippen LogP contribution in [0.25, 0.3) is 10.8 Å². The molecule has 0 spiro atoms. The van der Waals surface area contributed by atoms with Gasteiger partial charge in [0.1, 0.15) is 18.2 Å². The third-order valence-corrected chi connectivity index (χ3v) is 5.85. The van der Waals surface area contributed by atoms with Crippen molar-refractivity contribution in [1.29, 1.82) is 0 Å². The number of esters is 1. The minimum atomic E-state index is -0.833. The quantitative estimate of drug-likeness (QED) is 0.164. The number of fused-ring (bicyclic) bond motifs is 1. The molecule has 0 aliphatic heterocycles. The molecule has 0 saturated heterocycles. The molecular weight excluding hydrogens is 482 g/mol. The summed E-state index contributed by atoms with van der Waals surface area (Å²) < 4.78 is 10.7. The van der Waals surface area contributed by atoms with Crippen LogP contribution in [0.2, 0.25) is 0 Å². The van der Waals surface area contributed by atoms with E-state index in [4.69, 9.17) is 15.2 Å². The molecule has 1 atom stereocenters. The van der Waals surface area contributed by atoms with Crippen LogP contribution in [0.5, 0.6) is 0 Å². The summed E-state index contributed by atoms with van der Waals surface area (Å²) in [4.78, 5) is 37.7. The number of nitrogens with two attached hydrogens (primary N) is 1. The topological polar surface area (TPSA) is 120 Å². The molecule has 3 rings (SSSR count). The molecule has 8 heteroatoms. The van der Waals surface area contributed by atoms with Crippen LogP contribution in [0.4, 0.5) is 16.2 Å². The molecule has 0 aliphatic rings. The standard InChI is InChI=1S/C30H37N3O5/c1-30(2,3)38-29(36)33-25(16-8-5-9-17-26(34)37-20-21-12-6-4-7-13-21)28(35)32-24-19-18-22-14-10-11-15-23(22)27(24)31/h4,6-7,10-15,18-19,25H,5,8-9,16-17,20,31H2,1-3H3,(H,32,35)(H,33,36)/t25-/m0/s1. The first kappa shape index (κ1) is 28.5.